The lowest BCUT2D eigenvalue weighted by Crippen LogP contribution is -2.26. The van der Waals surface area contributed by atoms with E-state index in [0.29, 0.717) is 45.3 Å². The number of aromatic nitrogens is 5. The third kappa shape index (κ3) is 6.65. The smallest absolute Gasteiger partial charge is 0.374 e. The number of aryl methyl sites for hydroxylation is 1. The maximum absolute atomic E-state index is 15.1. The third-order valence-corrected chi connectivity index (χ3v) is 8.58. The van der Waals surface area contributed by atoms with Crippen molar-refractivity contribution < 1.29 is 37.0 Å². The summed E-state index contributed by atoms with van der Waals surface area (Å²) in [6, 6.07) is 10.2. The minimum absolute atomic E-state index is 0.0894. The molecule has 1 amide bonds. The standard InChI is InChI=1S/C29H31FN7O7P/c1-6-42-45(39,43-7-2)27(30)29(38)36-22-12-19-20(13-24(22)40-4)31-15-33-28(19)35-21-10-17(3)23(14-25(21)41-5)44-18-8-9-37-26(11-18)32-16-34-37/h8-16,27H,6-7H2,1-5H3,(H,36,38)(H,31,33,35). The summed E-state index contributed by atoms with van der Waals surface area (Å²) in [6.07, 6.45) is 4.56. The van der Waals surface area contributed by atoms with Gasteiger partial charge in [0, 0.05) is 29.8 Å². The van der Waals surface area contributed by atoms with Gasteiger partial charge in [-0.25, -0.2) is 23.9 Å². The number of fused-ring (bicyclic) bond motifs is 2. The fraction of sp³-hybridized carbons (Fsp3) is 0.276. The molecule has 45 heavy (non-hydrogen) atoms. The van der Waals surface area contributed by atoms with Crippen LogP contribution < -0.4 is 24.8 Å². The number of alkyl halides is 1. The van der Waals surface area contributed by atoms with E-state index in [1.807, 2.05) is 13.0 Å². The van der Waals surface area contributed by atoms with E-state index in [1.165, 1.54) is 46.8 Å². The Bertz CT molecular complexity index is 1890. The molecule has 0 fully saturated rings. The lowest BCUT2D eigenvalue weighted by molar-refractivity contribution is -0.118. The minimum atomic E-state index is -4.37. The van der Waals surface area contributed by atoms with Gasteiger partial charge in [-0.15, -0.1) is 0 Å². The molecule has 2 aromatic carbocycles. The molecule has 2 N–H and O–H groups in total. The van der Waals surface area contributed by atoms with Crippen molar-refractivity contribution in [1.29, 1.82) is 0 Å². The predicted octanol–water partition coefficient (Wildman–Crippen LogP) is 6.03. The Morgan fingerprint density at radius 1 is 0.956 bits per heavy atom. The molecule has 0 radical (unpaired) electrons. The number of ether oxygens (including phenoxy) is 3. The van der Waals surface area contributed by atoms with Gasteiger partial charge in [0.1, 0.15) is 41.5 Å². The molecule has 0 bridgehead atoms. The Balaban J connectivity index is 1.45. The highest BCUT2D eigenvalue weighted by molar-refractivity contribution is 7.55. The number of amides is 1. The van der Waals surface area contributed by atoms with E-state index in [9.17, 15) is 9.36 Å². The van der Waals surface area contributed by atoms with E-state index in [2.05, 4.69) is 30.7 Å². The molecular weight excluding hydrogens is 608 g/mol. The molecule has 3 aromatic heterocycles. The predicted molar refractivity (Wildman–Crippen MR) is 165 cm³/mol. The molecule has 0 aliphatic carbocycles. The normalized spacial score (nSPS) is 12.2. The summed E-state index contributed by atoms with van der Waals surface area (Å²) in [4.78, 5) is 25.7. The number of hydrogen-bond donors (Lipinski definition) is 2. The van der Waals surface area contributed by atoms with E-state index in [4.69, 9.17) is 23.3 Å². The van der Waals surface area contributed by atoms with Gasteiger partial charge in [-0.2, -0.15) is 5.10 Å². The summed E-state index contributed by atoms with van der Waals surface area (Å²) in [5.41, 5.74) is 2.54. The number of benzene rings is 2. The maximum Gasteiger partial charge on any atom is 0.374 e. The Morgan fingerprint density at radius 2 is 1.69 bits per heavy atom. The molecule has 0 aliphatic heterocycles. The van der Waals surface area contributed by atoms with Crippen molar-refractivity contribution in [3.8, 4) is 23.0 Å². The zero-order chi connectivity index (χ0) is 32.1. The summed E-state index contributed by atoms with van der Waals surface area (Å²) in [5.74, 6) is -1.67. The van der Waals surface area contributed by atoms with Crippen LogP contribution in [0, 0.1) is 6.92 Å². The van der Waals surface area contributed by atoms with E-state index >= 15 is 4.39 Å². The van der Waals surface area contributed by atoms with Crippen molar-refractivity contribution >= 4 is 47.2 Å². The molecule has 16 heteroatoms. The number of hydrogen-bond acceptors (Lipinski definition) is 12. The minimum Gasteiger partial charge on any atom is -0.494 e. The number of methoxy groups -OCH3 is 2. The van der Waals surface area contributed by atoms with Gasteiger partial charge in [-0.1, -0.05) is 0 Å². The molecule has 14 nitrogen and oxygen atoms in total. The molecule has 0 aliphatic rings. The van der Waals surface area contributed by atoms with Crippen LogP contribution in [-0.4, -0.2) is 63.8 Å². The van der Waals surface area contributed by atoms with Crippen LogP contribution in [0.25, 0.3) is 16.6 Å². The average Bonchev–Trinajstić information content (AvgIpc) is 3.50. The van der Waals surface area contributed by atoms with Gasteiger partial charge in [0.25, 0.3) is 11.8 Å². The van der Waals surface area contributed by atoms with Gasteiger partial charge in [0.15, 0.2) is 5.65 Å². The lowest BCUT2D eigenvalue weighted by Gasteiger charge is -2.21. The van der Waals surface area contributed by atoms with Crippen LogP contribution in [0.15, 0.2) is 55.2 Å². The summed E-state index contributed by atoms with van der Waals surface area (Å²) in [7, 11) is -1.46. The highest BCUT2D eigenvalue weighted by Crippen LogP contribution is 2.54. The maximum atomic E-state index is 15.1. The van der Waals surface area contributed by atoms with Crippen LogP contribution in [-0.2, 0) is 18.4 Å². The first kappa shape index (κ1) is 31.6. The highest BCUT2D eigenvalue weighted by Gasteiger charge is 2.42. The van der Waals surface area contributed by atoms with Gasteiger partial charge >= 0.3 is 7.60 Å². The number of carbonyl (C=O) groups excluding carboxylic acids is 1. The second kappa shape index (κ2) is 13.4. The van der Waals surface area contributed by atoms with Crippen LogP contribution in [0.2, 0.25) is 0 Å². The summed E-state index contributed by atoms with van der Waals surface area (Å²) >= 11 is 0. The summed E-state index contributed by atoms with van der Waals surface area (Å²) in [5, 5.41) is 10.2. The van der Waals surface area contributed by atoms with Gasteiger partial charge in [-0.3, -0.25) is 9.36 Å². The summed E-state index contributed by atoms with van der Waals surface area (Å²) < 4.78 is 56.8. The van der Waals surface area contributed by atoms with E-state index in [1.54, 1.807) is 35.0 Å². The molecule has 0 saturated heterocycles. The molecule has 5 aromatic rings. The average molecular weight is 640 g/mol. The Morgan fingerprint density at radius 3 is 2.40 bits per heavy atom. The van der Waals surface area contributed by atoms with E-state index in [-0.39, 0.29) is 24.7 Å². The van der Waals surface area contributed by atoms with Crippen molar-refractivity contribution in [1.82, 2.24) is 24.6 Å². The second-order valence-electron chi connectivity index (χ2n) is 9.46. The number of rotatable bonds is 13. The van der Waals surface area contributed by atoms with Gasteiger partial charge in [-0.05, 0) is 44.5 Å². The molecule has 236 valence electrons. The molecule has 0 spiro atoms. The Hall–Kier alpha value is -4.85. The number of anilines is 3. The SMILES string of the molecule is CCOP(=O)(OCC)C(F)C(=O)Nc1cc2c(Nc3cc(C)c(Oc4ccn5ncnc5c4)cc3OC)ncnc2cc1OC. The Labute approximate surface area is 257 Å². The van der Waals surface area contributed by atoms with Crippen LogP contribution in [0.3, 0.4) is 0 Å². The van der Waals surface area contributed by atoms with Crippen LogP contribution in [0.4, 0.5) is 21.6 Å². The van der Waals surface area contributed by atoms with Crippen molar-refractivity contribution in [2.45, 2.75) is 26.7 Å². The molecule has 3 heterocycles. The highest BCUT2D eigenvalue weighted by atomic mass is 31.2. The third-order valence-electron chi connectivity index (χ3n) is 6.56. The quantitative estimate of drug-likeness (QED) is 0.144. The van der Waals surface area contributed by atoms with E-state index in [0.717, 1.165) is 5.56 Å². The van der Waals surface area contributed by atoms with Crippen molar-refractivity contribution in [2.24, 2.45) is 0 Å². The zero-order valence-electron chi connectivity index (χ0n) is 25.1. The molecular formula is C29H31FN7O7P. The number of halogens is 1. The zero-order valence-corrected chi connectivity index (χ0v) is 26.0. The number of pyridine rings is 1. The van der Waals surface area contributed by atoms with Crippen LogP contribution in [0.5, 0.6) is 23.0 Å². The first-order valence-corrected chi connectivity index (χ1v) is 15.4. The molecule has 1 atom stereocenters. The fourth-order valence-corrected chi connectivity index (χ4v) is 5.88. The lowest BCUT2D eigenvalue weighted by atomic mass is 10.1. The van der Waals surface area contributed by atoms with Gasteiger partial charge < -0.3 is 33.9 Å². The monoisotopic (exact) mass is 639 g/mol. The van der Waals surface area contributed by atoms with Gasteiger partial charge in [0.2, 0.25) is 0 Å². The number of nitrogens with zero attached hydrogens (tertiary/aromatic N) is 5. The van der Waals surface area contributed by atoms with Crippen molar-refractivity contribution in [3.05, 3.63) is 60.8 Å². The largest absolute Gasteiger partial charge is 0.494 e. The Kier molecular flexibility index (Phi) is 9.42. The molecule has 0 saturated carbocycles. The van der Waals surface area contributed by atoms with Gasteiger partial charge in [0.05, 0.1) is 44.3 Å². The number of nitrogens with one attached hydrogen (secondary N) is 2. The molecule has 1 unspecified atom stereocenters. The van der Waals surface area contributed by atoms with Crippen LogP contribution in [0.1, 0.15) is 19.4 Å². The first-order valence-electron chi connectivity index (χ1n) is 13.8. The fourth-order valence-electron chi connectivity index (χ4n) is 4.47. The first-order chi connectivity index (χ1) is 21.7. The van der Waals surface area contributed by atoms with Crippen molar-refractivity contribution in [2.75, 3.05) is 38.1 Å². The second-order valence-corrected chi connectivity index (χ2v) is 11.5. The van der Waals surface area contributed by atoms with Crippen LogP contribution >= 0.6 is 7.60 Å². The summed E-state index contributed by atoms with van der Waals surface area (Å²) in [6.45, 7) is 4.71. The van der Waals surface area contributed by atoms with Crippen molar-refractivity contribution in [3.63, 3.8) is 0 Å². The topological polar surface area (TPSA) is 160 Å². The molecule has 5 rings (SSSR count). The number of carbonyl (C=O) groups is 1. The van der Waals surface area contributed by atoms with E-state index < -0.39 is 19.4 Å².